The fourth-order valence-electron chi connectivity index (χ4n) is 8.19. The van der Waals surface area contributed by atoms with E-state index in [2.05, 4.69) is 20.1 Å². The monoisotopic (exact) mass is 1600 g/mol. The third-order valence-corrected chi connectivity index (χ3v) is 14.0. The third kappa shape index (κ3) is 33.6. The number of nitrogens with zero attached hydrogens (tertiary/aromatic N) is 1. The van der Waals surface area contributed by atoms with Crippen molar-refractivity contribution in [3.8, 4) is 46.0 Å². The number of amides is 4. The van der Waals surface area contributed by atoms with Crippen molar-refractivity contribution in [1.82, 2.24) is 4.90 Å². The number of carbonyl (C=O) groups is 8. The van der Waals surface area contributed by atoms with Gasteiger partial charge in [-0.15, -0.1) is 0 Å². The number of sulfone groups is 3. The highest BCUT2D eigenvalue weighted by atomic mass is 32.2. The summed E-state index contributed by atoms with van der Waals surface area (Å²) in [6.07, 6.45) is 2.37. The number of anilines is 2. The van der Waals surface area contributed by atoms with Gasteiger partial charge < -0.3 is 81.3 Å². The Morgan fingerprint density at radius 2 is 0.888 bits per heavy atom. The van der Waals surface area contributed by atoms with E-state index in [1.54, 1.807) is 12.1 Å². The molecular formula is C72H101N7O24S4. The summed E-state index contributed by atoms with van der Waals surface area (Å²) < 4.78 is 331. The molecule has 0 radical (unpaired) electrons. The number of hydrogen-bond acceptors (Lipinski definition) is 27. The van der Waals surface area contributed by atoms with Crippen LogP contribution in [0.3, 0.4) is 0 Å². The standard InChI is InChI=1S/C22H24N2O7S.2C12H19NO4S.C10H7NO4.C10H12O3.2C2H7N.C2H4O2.H2S/c1-5-31-19-11-14(9-10-18(19)30-3)17(12-32(4,28)29)24-21(26)15-7-6-8-16(23-13(2)25)20(15)22(24)27;2*1-4-17-12-7-9(5-6-11(12)16-2)10(13)8-18(3,14)15;1-5(12)11-7-4-2-3-6-8(7)10(14)15-9(6)13;1-3-13-10-6-8(7-11)4-5-9(10)12-2;2*1-2-3;1-2(3)4;/h6-11,17H,5,12H2,1-4H3,(H,23,25);2*5-7,10H,4,8,13H2,1-3H3;2-4H,1H3,(H,11,12);4-7H,3H2,1-2H3;2*2-3H2,1H3;1H3,(H,3,4);1H2/t17-;2*10-;;;;;;/m111....../s1/i1D3,5D2,12D2;2*1D3,4D2,8D2;;1D3,2D3,3D2;;;;. The first-order valence-electron chi connectivity index (χ1n) is 44.1. The lowest BCUT2D eigenvalue weighted by Crippen LogP contribution is -2.37. The van der Waals surface area contributed by atoms with Crippen molar-refractivity contribution in [2.75, 3.05) is 114 Å². The van der Waals surface area contributed by atoms with Crippen molar-refractivity contribution in [2.24, 2.45) is 22.9 Å². The highest BCUT2D eigenvalue weighted by molar-refractivity contribution is 7.91. The van der Waals surface area contributed by atoms with Gasteiger partial charge in [-0.05, 0) is 136 Å². The second-order valence-electron chi connectivity index (χ2n) is 20.3. The minimum absolute atomic E-state index is 0. The van der Waals surface area contributed by atoms with Crippen molar-refractivity contribution in [1.29, 1.82) is 0 Å². The molecule has 0 aromatic heterocycles. The second kappa shape index (κ2) is 48.3. The Hall–Kier alpha value is -9.88. The third-order valence-electron chi connectivity index (χ3n) is 12.0. The molecule has 11 N–H and O–H groups in total. The molecule has 3 atom stereocenters. The topological polar surface area (TPSA) is 474 Å². The van der Waals surface area contributed by atoms with Gasteiger partial charge >= 0.3 is 11.9 Å². The number of cyclic esters (lactones) is 2. The molecule has 6 aromatic rings. The van der Waals surface area contributed by atoms with Crippen molar-refractivity contribution >= 4 is 102 Å². The van der Waals surface area contributed by atoms with Crippen LogP contribution in [0.1, 0.15) is 188 Å². The van der Waals surface area contributed by atoms with E-state index < -0.39 is 178 Å². The van der Waals surface area contributed by atoms with Gasteiger partial charge in [-0.3, -0.25) is 33.7 Å². The molecule has 8 rings (SSSR count). The first-order valence-corrected chi connectivity index (χ1v) is 35.2. The van der Waals surface area contributed by atoms with Gasteiger partial charge in [0.15, 0.2) is 46.0 Å². The van der Waals surface area contributed by atoms with Crippen LogP contribution in [-0.4, -0.2) is 187 Å². The molecule has 0 spiro atoms. The Morgan fingerprint density at radius 3 is 1.25 bits per heavy atom. The molecule has 6 aromatic carbocycles. The van der Waals surface area contributed by atoms with Gasteiger partial charge in [-0.2, -0.15) is 13.5 Å². The summed E-state index contributed by atoms with van der Waals surface area (Å²) >= 11 is 0. The number of esters is 2. The zero-order valence-electron chi connectivity index (χ0n) is 87.9. The Balaban J connectivity index is 0.00000168. The lowest BCUT2D eigenvalue weighted by atomic mass is 10.1. The van der Waals surface area contributed by atoms with E-state index in [4.69, 9.17) is 106 Å². The summed E-state index contributed by atoms with van der Waals surface area (Å²) in [4.78, 5) is 92.1. The Morgan fingerprint density at radius 1 is 0.533 bits per heavy atom. The smallest absolute Gasteiger partial charge is 0.349 e. The fraction of sp³-hybridized carbons (Fsp3) is 0.389. The zero-order valence-corrected chi connectivity index (χ0v) is 62.4. The summed E-state index contributed by atoms with van der Waals surface area (Å²) in [7, 11) is -12.2. The van der Waals surface area contributed by atoms with Gasteiger partial charge in [0.2, 0.25) is 11.8 Å². The molecule has 2 heterocycles. The first-order chi connectivity index (χ1) is 60.8. The molecule has 4 amide bonds. The summed E-state index contributed by atoms with van der Waals surface area (Å²) in [5, 5.41) is 12.3. The molecule has 0 aliphatic carbocycles. The van der Waals surface area contributed by atoms with Gasteiger partial charge in [0.05, 0.1) is 126 Å². The van der Waals surface area contributed by atoms with Gasteiger partial charge in [0.25, 0.3) is 17.8 Å². The number of nitrogens with one attached hydrogen (secondary N) is 2. The van der Waals surface area contributed by atoms with Gasteiger partial charge in [0, 0.05) is 81.9 Å². The lowest BCUT2D eigenvalue weighted by molar-refractivity contribution is -0.134. The van der Waals surface area contributed by atoms with Crippen LogP contribution in [0.5, 0.6) is 46.0 Å². The number of nitrogens with two attached hydrogens (primary N) is 4. The molecule has 107 heavy (non-hydrogen) atoms. The number of aldehydes is 1. The van der Waals surface area contributed by atoms with Crippen molar-refractivity contribution in [3.05, 3.63) is 154 Å². The molecule has 0 saturated heterocycles. The number of hydrogen-bond donors (Lipinski definition) is 7. The summed E-state index contributed by atoms with van der Waals surface area (Å²) in [5.74, 6) is -7.64. The highest BCUT2D eigenvalue weighted by Gasteiger charge is 2.43. The van der Waals surface area contributed by atoms with Crippen molar-refractivity contribution < 1.29 is 151 Å². The molecule has 592 valence electrons. The molecule has 2 aliphatic heterocycles. The molecular weight excluding hydrogens is 1480 g/mol. The number of carbonyl (C=O) groups excluding carboxylic acids is 7. The van der Waals surface area contributed by atoms with E-state index in [9.17, 15) is 58.8 Å². The SMILES string of the molecule is CC(=O)Nc1cccc2c1C(=O)OC2=O.CC(=O)O.CCN.CCN.S.[2H]C([2H])([2H])C([2H])([2H])Oc1cc([C@H](N)C([2H])([2H])S(C)(=O)=O)ccc1OC.[2H]C([2H])([2H])C([2H])([2H])Oc1cc([C@H](N)C([2H])([2H])S(C)(=O)=O)ccc1OC.[2H]C([2H])([2H])C([2H])([2H])Oc1cc([C@H](N2C(=O)c3cccc(NC(C)=O)c3C2=O)C([2H])([2H])S(C)(=O)=O)ccc1OC.[2H]C([2H])([2H])Oc1ccc(C=O)cc1OC([2H])([2H])C([2H])([2H])[2H]. The van der Waals surface area contributed by atoms with E-state index in [0.29, 0.717) is 35.6 Å². The average Bonchev–Trinajstić information content (AvgIpc) is 1.56. The van der Waals surface area contributed by atoms with E-state index >= 15 is 0 Å². The number of aliphatic carboxylic acids is 1. The molecule has 35 heteroatoms. The highest BCUT2D eigenvalue weighted by Crippen LogP contribution is 2.39. The number of imide groups is 1. The van der Waals surface area contributed by atoms with Crippen LogP contribution in [0.4, 0.5) is 11.4 Å². The number of benzene rings is 6. The predicted molar refractivity (Wildman–Crippen MR) is 413 cm³/mol. The number of ether oxygens (including phenoxy) is 9. The quantitative estimate of drug-likeness (QED) is 0.0125. The maximum atomic E-state index is 13.6. The number of carboxylic acids is 1. The minimum atomic E-state index is -4.66. The zero-order chi connectivity index (χ0) is 106. The Labute approximate surface area is 673 Å². The van der Waals surface area contributed by atoms with Crippen LogP contribution >= 0.6 is 13.5 Å². The minimum Gasteiger partial charge on any atom is -0.493 e. The summed E-state index contributed by atoms with van der Waals surface area (Å²) in [5.41, 5.74) is 11.9. The van der Waals surface area contributed by atoms with Crippen LogP contribution in [0, 0.1) is 0 Å². The van der Waals surface area contributed by atoms with Gasteiger partial charge in [0.1, 0.15) is 35.8 Å². The first kappa shape index (κ1) is 57.3. The Kier molecular flexibility index (Phi) is 25.9. The van der Waals surface area contributed by atoms with Crippen molar-refractivity contribution in [2.45, 2.75) is 80.2 Å². The van der Waals surface area contributed by atoms with Crippen LogP contribution < -0.4 is 71.5 Å². The van der Waals surface area contributed by atoms with Crippen LogP contribution in [0.25, 0.3) is 0 Å². The van der Waals surface area contributed by atoms with E-state index in [-0.39, 0.29) is 98.3 Å². The molecule has 2 aliphatic rings. The average molecular weight is 1610 g/mol. The number of methoxy groups -OCH3 is 4. The van der Waals surface area contributed by atoms with Crippen molar-refractivity contribution in [3.63, 3.8) is 0 Å². The second-order valence-corrected chi connectivity index (χ2v) is 25.7. The Bertz CT molecular complexity index is 5450. The fourth-order valence-corrected chi connectivity index (χ4v) is 10.0. The summed E-state index contributed by atoms with van der Waals surface area (Å²) in [6, 6.07) is 16.8. The number of carboxylic acid groups (broad SMARTS) is 1. The van der Waals surface area contributed by atoms with Crippen LogP contribution in [0.15, 0.2) is 109 Å². The largest absolute Gasteiger partial charge is 0.493 e. The normalized spacial score (nSPS) is 17.8. The van der Waals surface area contributed by atoms with Gasteiger partial charge in [-0.1, -0.05) is 44.2 Å². The van der Waals surface area contributed by atoms with E-state index in [0.717, 1.165) is 69.6 Å². The van der Waals surface area contributed by atoms with Gasteiger partial charge in [-0.25, -0.2) is 34.8 Å². The molecule has 0 bridgehead atoms. The number of fused-ring (bicyclic) bond motifs is 2. The molecule has 31 nitrogen and oxygen atoms in total. The van der Waals surface area contributed by atoms with E-state index in [1.807, 2.05) is 13.8 Å². The van der Waals surface area contributed by atoms with Crippen LogP contribution in [0.2, 0.25) is 0 Å². The maximum absolute atomic E-state index is 13.6. The molecule has 0 saturated carbocycles. The number of rotatable bonds is 25. The summed E-state index contributed by atoms with van der Waals surface area (Å²) in [6.45, 7) is -16.2. The lowest BCUT2D eigenvalue weighted by Gasteiger charge is -2.27. The maximum Gasteiger partial charge on any atom is 0.349 e. The van der Waals surface area contributed by atoms with E-state index in [1.165, 1.54) is 82.7 Å². The molecule has 0 fully saturated rings. The predicted octanol–water partition coefficient (Wildman–Crippen LogP) is 7.71. The van der Waals surface area contributed by atoms with Crippen LogP contribution in [-0.2, 0) is 48.6 Å². The molecule has 0 unspecified atom stereocenters.